The molecule has 5 nitrogen and oxygen atoms in total. The Bertz CT molecular complexity index is 1170. The van der Waals surface area contributed by atoms with Crippen LogP contribution in [0.1, 0.15) is 24.1 Å². The first kappa shape index (κ1) is 24.6. The first-order valence-corrected chi connectivity index (χ1v) is 12.3. The molecule has 0 saturated carbocycles. The van der Waals surface area contributed by atoms with E-state index in [1.807, 2.05) is 19.1 Å². The summed E-state index contributed by atoms with van der Waals surface area (Å²) < 4.78 is 27.7. The van der Waals surface area contributed by atoms with Gasteiger partial charge in [0.1, 0.15) is 0 Å². The summed E-state index contributed by atoms with van der Waals surface area (Å²) in [7, 11) is -3.96. The maximum Gasteiger partial charge on any atom is 0.243 e. The Balaban J connectivity index is 1.82. The molecule has 0 aliphatic heterocycles. The minimum atomic E-state index is -3.96. The lowest BCUT2D eigenvalue weighted by Gasteiger charge is -2.23. The predicted octanol–water partition coefficient (Wildman–Crippen LogP) is 5.72. The number of amides is 1. The molecule has 1 N–H and O–H groups in total. The van der Waals surface area contributed by atoms with E-state index in [4.69, 9.17) is 34.8 Å². The largest absolute Gasteiger partial charge is 0.348 e. The van der Waals surface area contributed by atoms with Gasteiger partial charge in [-0.3, -0.25) is 4.79 Å². The zero-order valence-corrected chi connectivity index (χ0v) is 20.2. The van der Waals surface area contributed by atoms with Crippen LogP contribution in [0.5, 0.6) is 0 Å². The van der Waals surface area contributed by atoms with Crippen LogP contribution in [0, 0.1) is 0 Å². The minimum Gasteiger partial charge on any atom is -0.348 e. The number of rotatable bonds is 8. The van der Waals surface area contributed by atoms with E-state index in [-0.39, 0.29) is 24.0 Å². The topological polar surface area (TPSA) is 66.5 Å². The van der Waals surface area contributed by atoms with Crippen LogP contribution in [0.15, 0.2) is 77.7 Å². The van der Waals surface area contributed by atoms with Gasteiger partial charge < -0.3 is 5.32 Å². The third kappa shape index (κ3) is 6.47. The molecule has 9 heteroatoms. The molecule has 3 aromatic rings. The van der Waals surface area contributed by atoms with Crippen LogP contribution in [-0.4, -0.2) is 25.2 Å². The number of halogens is 3. The van der Waals surface area contributed by atoms with E-state index >= 15 is 0 Å². The summed E-state index contributed by atoms with van der Waals surface area (Å²) in [5.41, 5.74) is 1.55. The molecule has 0 saturated heterocycles. The van der Waals surface area contributed by atoms with E-state index in [0.29, 0.717) is 20.6 Å². The second kappa shape index (κ2) is 10.7. The van der Waals surface area contributed by atoms with E-state index in [1.165, 1.54) is 24.3 Å². The SMILES string of the molecule is C[C@@H](NC(=O)CN(Cc1ccc(Cl)cc1)S(=O)(=O)c1ccc(Cl)cc1)c1ccc(Cl)cc1. The van der Waals surface area contributed by atoms with Gasteiger partial charge in [-0.15, -0.1) is 0 Å². The van der Waals surface area contributed by atoms with E-state index in [2.05, 4.69) is 5.32 Å². The van der Waals surface area contributed by atoms with Crippen LogP contribution >= 0.6 is 34.8 Å². The Hall–Kier alpha value is -2.09. The van der Waals surface area contributed by atoms with Gasteiger partial charge in [0.15, 0.2) is 0 Å². The quantitative estimate of drug-likeness (QED) is 0.421. The van der Waals surface area contributed by atoms with Gasteiger partial charge in [0, 0.05) is 21.6 Å². The van der Waals surface area contributed by atoms with Gasteiger partial charge in [-0.2, -0.15) is 4.31 Å². The normalized spacial score (nSPS) is 12.5. The Labute approximate surface area is 203 Å². The third-order valence-corrected chi connectivity index (χ3v) is 7.35. The van der Waals surface area contributed by atoms with Crippen molar-refractivity contribution in [3.05, 3.63) is 99.0 Å². The smallest absolute Gasteiger partial charge is 0.243 e. The molecule has 0 heterocycles. The van der Waals surface area contributed by atoms with E-state index in [0.717, 1.165) is 9.87 Å². The van der Waals surface area contributed by atoms with E-state index in [1.54, 1.807) is 36.4 Å². The second-order valence-electron chi connectivity index (χ2n) is 7.19. The van der Waals surface area contributed by atoms with Gasteiger partial charge >= 0.3 is 0 Å². The Morgan fingerprint density at radius 1 is 0.844 bits per heavy atom. The fourth-order valence-electron chi connectivity index (χ4n) is 3.06. The Kier molecular flexibility index (Phi) is 8.20. The number of carbonyl (C=O) groups excluding carboxylic acids is 1. The number of sulfonamides is 1. The van der Waals surface area contributed by atoms with Crippen molar-refractivity contribution in [1.82, 2.24) is 9.62 Å². The monoisotopic (exact) mass is 510 g/mol. The van der Waals surface area contributed by atoms with E-state index in [9.17, 15) is 13.2 Å². The summed E-state index contributed by atoms with van der Waals surface area (Å²) in [6.45, 7) is 1.47. The molecule has 0 spiro atoms. The molecule has 3 rings (SSSR count). The van der Waals surface area contributed by atoms with Gasteiger partial charge in [0.05, 0.1) is 17.5 Å². The number of benzene rings is 3. The molecule has 168 valence electrons. The van der Waals surface area contributed by atoms with Crippen molar-refractivity contribution in [2.45, 2.75) is 24.4 Å². The van der Waals surface area contributed by atoms with Crippen LogP contribution in [0.25, 0.3) is 0 Å². The summed E-state index contributed by atoms with van der Waals surface area (Å²) >= 11 is 17.8. The molecule has 0 aliphatic rings. The molecule has 1 atom stereocenters. The second-order valence-corrected chi connectivity index (χ2v) is 10.4. The molecule has 1 amide bonds. The summed E-state index contributed by atoms with van der Waals surface area (Å²) in [5.74, 6) is -0.432. The average molecular weight is 512 g/mol. The number of nitrogens with one attached hydrogen (secondary N) is 1. The van der Waals surface area contributed by atoms with Gasteiger partial charge in [-0.05, 0) is 66.6 Å². The van der Waals surface area contributed by atoms with Gasteiger partial charge in [-0.1, -0.05) is 59.1 Å². The predicted molar refractivity (Wildman–Crippen MR) is 129 cm³/mol. The Morgan fingerprint density at radius 3 is 1.84 bits per heavy atom. The first-order valence-electron chi connectivity index (χ1n) is 9.70. The standard InChI is InChI=1S/C23H21Cl3N2O3S/c1-16(18-4-8-20(25)9-5-18)27-23(29)15-28(14-17-2-6-19(24)7-3-17)32(30,31)22-12-10-21(26)11-13-22/h2-13,16H,14-15H2,1H3,(H,27,29)/t16-/m1/s1. The number of hydrogen-bond acceptors (Lipinski definition) is 3. The highest BCUT2D eigenvalue weighted by molar-refractivity contribution is 7.89. The van der Waals surface area contributed by atoms with Crippen LogP contribution in [-0.2, 0) is 21.4 Å². The molecule has 32 heavy (non-hydrogen) atoms. The van der Waals surface area contributed by atoms with Crippen LogP contribution in [0.2, 0.25) is 15.1 Å². The zero-order chi connectivity index (χ0) is 23.3. The van der Waals surface area contributed by atoms with Crippen molar-refractivity contribution in [1.29, 1.82) is 0 Å². The summed E-state index contributed by atoms with van der Waals surface area (Å²) in [6, 6.07) is 19.4. The lowest BCUT2D eigenvalue weighted by atomic mass is 10.1. The first-order chi connectivity index (χ1) is 15.1. The lowest BCUT2D eigenvalue weighted by molar-refractivity contribution is -0.122. The van der Waals surface area contributed by atoms with Crippen LogP contribution in [0.3, 0.4) is 0 Å². The number of carbonyl (C=O) groups is 1. The van der Waals surface area contributed by atoms with E-state index < -0.39 is 15.9 Å². The average Bonchev–Trinajstić information content (AvgIpc) is 2.75. The molecule has 0 fully saturated rings. The maximum absolute atomic E-state index is 13.3. The maximum atomic E-state index is 13.3. The summed E-state index contributed by atoms with van der Waals surface area (Å²) in [5, 5.41) is 4.39. The zero-order valence-electron chi connectivity index (χ0n) is 17.1. The lowest BCUT2D eigenvalue weighted by Crippen LogP contribution is -2.41. The van der Waals surface area contributed by atoms with Crippen LogP contribution < -0.4 is 5.32 Å². The molecule has 0 radical (unpaired) electrons. The highest BCUT2D eigenvalue weighted by Gasteiger charge is 2.27. The minimum absolute atomic E-state index is 0.00484. The van der Waals surface area contributed by atoms with Crippen molar-refractivity contribution in [2.24, 2.45) is 0 Å². The molecule has 0 unspecified atom stereocenters. The fourth-order valence-corrected chi connectivity index (χ4v) is 4.82. The van der Waals surface area contributed by atoms with Crippen molar-refractivity contribution >= 4 is 50.7 Å². The summed E-state index contributed by atoms with van der Waals surface area (Å²) in [4.78, 5) is 12.8. The molecular weight excluding hydrogens is 491 g/mol. The molecule has 3 aromatic carbocycles. The van der Waals surface area contributed by atoms with Crippen molar-refractivity contribution in [3.63, 3.8) is 0 Å². The Morgan fingerprint density at radius 2 is 1.31 bits per heavy atom. The highest BCUT2D eigenvalue weighted by atomic mass is 35.5. The van der Waals surface area contributed by atoms with Crippen molar-refractivity contribution < 1.29 is 13.2 Å². The van der Waals surface area contributed by atoms with Crippen molar-refractivity contribution in [3.8, 4) is 0 Å². The van der Waals surface area contributed by atoms with Gasteiger partial charge in [-0.25, -0.2) is 8.42 Å². The molecular formula is C23H21Cl3N2O3S. The molecule has 0 aromatic heterocycles. The summed E-state index contributed by atoms with van der Waals surface area (Å²) in [6.07, 6.45) is 0. The highest BCUT2D eigenvalue weighted by Crippen LogP contribution is 2.22. The van der Waals surface area contributed by atoms with Gasteiger partial charge in [0.25, 0.3) is 0 Å². The van der Waals surface area contributed by atoms with Crippen molar-refractivity contribution in [2.75, 3.05) is 6.54 Å². The fraction of sp³-hybridized carbons (Fsp3) is 0.174. The molecule has 0 bridgehead atoms. The number of nitrogens with zero attached hydrogens (tertiary/aromatic N) is 1. The number of hydrogen-bond donors (Lipinski definition) is 1. The van der Waals surface area contributed by atoms with Crippen LogP contribution in [0.4, 0.5) is 0 Å². The third-order valence-electron chi connectivity index (χ3n) is 4.79. The molecule has 0 aliphatic carbocycles. The van der Waals surface area contributed by atoms with Gasteiger partial charge in [0.2, 0.25) is 15.9 Å².